The predicted octanol–water partition coefficient (Wildman–Crippen LogP) is 0.646. The Hall–Kier alpha value is -1.75. The minimum Gasteiger partial charge on any atom is -0.468 e. The highest BCUT2D eigenvalue weighted by Gasteiger charge is 2.33. The van der Waals surface area contributed by atoms with Crippen LogP contribution < -0.4 is 0 Å². The van der Waals surface area contributed by atoms with Crippen LogP contribution in [0.3, 0.4) is 0 Å². The fourth-order valence-electron chi connectivity index (χ4n) is 2.11. The molecule has 0 N–H and O–H groups in total. The molecule has 18 heavy (non-hydrogen) atoms. The highest BCUT2D eigenvalue weighted by molar-refractivity contribution is 5.99. The minimum absolute atomic E-state index is 0.0286. The largest absolute Gasteiger partial charge is 0.468 e. The maximum absolute atomic E-state index is 11.6. The van der Waals surface area contributed by atoms with Crippen molar-refractivity contribution in [2.24, 2.45) is 5.92 Å². The maximum atomic E-state index is 11.6. The van der Waals surface area contributed by atoms with Crippen molar-refractivity contribution < 1.29 is 14.3 Å². The molecule has 0 bridgehead atoms. The van der Waals surface area contributed by atoms with Crippen LogP contribution in [-0.2, 0) is 20.9 Å². The Kier molecular flexibility index (Phi) is 4.04. The standard InChI is InChI=1S/C13H16N2O3/c1-18-13(17)11-9-15(7-5-12(11)16)8-10-4-2-3-6-14-10/h2-4,6,11H,5,7-9H2,1H3. The van der Waals surface area contributed by atoms with Crippen molar-refractivity contribution >= 4 is 11.8 Å². The molecule has 1 atom stereocenters. The van der Waals surface area contributed by atoms with Gasteiger partial charge in [0.1, 0.15) is 11.7 Å². The van der Waals surface area contributed by atoms with E-state index in [0.29, 0.717) is 26.1 Å². The molecule has 5 heteroatoms. The molecule has 5 nitrogen and oxygen atoms in total. The average molecular weight is 248 g/mol. The highest BCUT2D eigenvalue weighted by atomic mass is 16.5. The van der Waals surface area contributed by atoms with E-state index < -0.39 is 11.9 Å². The number of rotatable bonds is 3. The molecule has 0 amide bonds. The van der Waals surface area contributed by atoms with Crippen LogP contribution in [0, 0.1) is 5.92 Å². The van der Waals surface area contributed by atoms with Crippen molar-refractivity contribution in [3.05, 3.63) is 30.1 Å². The first kappa shape index (κ1) is 12.7. The van der Waals surface area contributed by atoms with Gasteiger partial charge in [0, 0.05) is 32.3 Å². The molecule has 1 saturated heterocycles. The van der Waals surface area contributed by atoms with Crippen molar-refractivity contribution in [1.29, 1.82) is 0 Å². The van der Waals surface area contributed by atoms with E-state index in [1.165, 1.54) is 7.11 Å². The third kappa shape index (κ3) is 2.92. The molecule has 0 aromatic carbocycles. The molecule has 1 aromatic heterocycles. The number of pyridine rings is 1. The van der Waals surface area contributed by atoms with Crippen molar-refractivity contribution in [1.82, 2.24) is 9.88 Å². The maximum Gasteiger partial charge on any atom is 0.317 e. The number of likely N-dealkylation sites (tertiary alicyclic amines) is 1. The Morgan fingerprint density at radius 2 is 2.39 bits per heavy atom. The third-order valence-electron chi connectivity index (χ3n) is 3.10. The van der Waals surface area contributed by atoms with E-state index in [0.717, 1.165) is 5.69 Å². The Morgan fingerprint density at radius 1 is 1.56 bits per heavy atom. The predicted molar refractivity (Wildman–Crippen MR) is 64.6 cm³/mol. The number of Topliss-reactive ketones (excluding diaryl/α,β-unsaturated/α-hetero) is 1. The Labute approximate surface area is 106 Å². The second-order valence-corrected chi connectivity index (χ2v) is 4.35. The van der Waals surface area contributed by atoms with Gasteiger partial charge >= 0.3 is 5.97 Å². The zero-order valence-corrected chi connectivity index (χ0v) is 10.3. The van der Waals surface area contributed by atoms with Gasteiger partial charge in [0.2, 0.25) is 0 Å². The van der Waals surface area contributed by atoms with Crippen LogP contribution in [0.25, 0.3) is 0 Å². The summed E-state index contributed by atoms with van der Waals surface area (Å²) < 4.78 is 4.66. The quantitative estimate of drug-likeness (QED) is 0.580. The summed E-state index contributed by atoms with van der Waals surface area (Å²) in [6.45, 7) is 1.74. The molecule has 1 aliphatic heterocycles. The molecule has 1 fully saturated rings. The summed E-state index contributed by atoms with van der Waals surface area (Å²) in [5.41, 5.74) is 0.940. The third-order valence-corrected chi connectivity index (χ3v) is 3.10. The van der Waals surface area contributed by atoms with Gasteiger partial charge < -0.3 is 4.74 Å². The molecule has 0 radical (unpaired) electrons. The first-order valence-corrected chi connectivity index (χ1v) is 5.93. The fraction of sp³-hybridized carbons (Fsp3) is 0.462. The van der Waals surface area contributed by atoms with Gasteiger partial charge in [0.25, 0.3) is 0 Å². The molecule has 2 heterocycles. The number of carbonyl (C=O) groups is 2. The van der Waals surface area contributed by atoms with Crippen molar-refractivity contribution in [2.75, 3.05) is 20.2 Å². The molecule has 1 aromatic rings. The Balaban J connectivity index is 1.99. The van der Waals surface area contributed by atoms with E-state index in [1.807, 2.05) is 18.2 Å². The fourth-order valence-corrected chi connectivity index (χ4v) is 2.11. The second-order valence-electron chi connectivity index (χ2n) is 4.35. The molecular weight excluding hydrogens is 232 g/mol. The number of esters is 1. The Morgan fingerprint density at radius 3 is 3.06 bits per heavy atom. The van der Waals surface area contributed by atoms with Gasteiger partial charge in [0.05, 0.1) is 12.8 Å². The van der Waals surface area contributed by atoms with Gasteiger partial charge in [-0.05, 0) is 12.1 Å². The number of aromatic nitrogens is 1. The lowest BCUT2D eigenvalue weighted by Gasteiger charge is -2.29. The van der Waals surface area contributed by atoms with Crippen LogP contribution in [0.1, 0.15) is 12.1 Å². The van der Waals surface area contributed by atoms with Gasteiger partial charge in [-0.15, -0.1) is 0 Å². The van der Waals surface area contributed by atoms with E-state index in [2.05, 4.69) is 14.6 Å². The zero-order valence-electron chi connectivity index (χ0n) is 10.3. The molecule has 1 unspecified atom stereocenters. The smallest absolute Gasteiger partial charge is 0.317 e. The normalized spacial score (nSPS) is 20.7. The first-order valence-electron chi connectivity index (χ1n) is 5.93. The Bertz CT molecular complexity index is 425. The van der Waals surface area contributed by atoms with E-state index in [-0.39, 0.29) is 5.78 Å². The van der Waals surface area contributed by atoms with E-state index in [9.17, 15) is 9.59 Å². The molecule has 96 valence electrons. The van der Waals surface area contributed by atoms with Crippen LogP contribution >= 0.6 is 0 Å². The van der Waals surface area contributed by atoms with Crippen LogP contribution in [-0.4, -0.2) is 41.8 Å². The van der Waals surface area contributed by atoms with E-state index in [4.69, 9.17) is 0 Å². The zero-order chi connectivity index (χ0) is 13.0. The lowest BCUT2D eigenvalue weighted by atomic mass is 9.96. The SMILES string of the molecule is COC(=O)C1CN(Cc2ccccn2)CCC1=O. The summed E-state index contributed by atoms with van der Waals surface area (Å²) in [6.07, 6.45) is 2.13. The van der Waals surface area contributed by atoms with Crippen molar-refractivity contribution in [3.8, 4) is 0 Å². The molecular formula is C13H16N2O3. The number of carbonyl (C=O) groups excluding carboxylic acids is 2. The number of methoxy groups -OCH3 is 1. The van der Waals surface area contributed by atoms with Gasteiger partial charge in [-0.2, -0.15) is 0 Å². The molecule has 1 aliphatic rings. The number of nitrogens with zero attached hydrogens (tertiary/aromatic N) is 2. The number of ketones is 1. The summed E-state index contributed by atoms with van der Waals surface area (Å²) in [7, 11) is 1.31. The van der Waals surface area contributed by atoms with Gasteiger partial charge in [0.15, 0.2) is 0 Å². The monoisotopic (exact) mass is 248 g/mol. The van der Waals surface area contributed by atoms with Gasteiger partial charge in [-0.1, -0.05) is 6.07 Å². The number of hydrogen-bond acceptors (Lipinski definition) is 5. The lowest BCUT2D eigenvalue weighted by Crippen LogP contribution is -2.44. The average Bonchev–Trinajstić information content (AvgIpc) is 2.41. The van der Waals surface area contributed by atoms with Gasteiger partial charge in [-0.3, -0.25) is 19.5 Å². The number of piperidine rings is 1. The number of hydrogen-bond donors (Lipinski definition) is 0. The van der Waals surface area contributed by atoms with E-state index >= 15 is 0 Å². The van der Waals surface area contributed by atoms with Crippen LogP contribution in [0.15, 0.2) is 24.4 Å². The first-order chi connectivity index (χ1) is 8.70. The van der Waals surface area contributed by atoms with Gasteiger partial charge in [-0.25, -0.2) is 0 Å². The molecule has 2 rings (SSSR count). The summed E-state index contributed by atoms with van der Waals surface area (Å²) in [5, 5.41) is 0. The highest BCUT2D eigenvalue weighted by Crippen LogP contribution is 2.16. The summed E-state index contributed by atoms with van der Waals surface area (Å²) in [4.78, 5) is 29.4. The van der Waals surface area contributed by atoms with Crippen LogP contribution in [0.2, 0.25) is 0 Å². The van der Waals surface area contributed by atoms with E-state index in [1.54, 1.807) is 6.20 Å². The molecule has 0 saturated carbocycles. The lowest BCUT2D eigenvalue weighted by molar-refractivity contribution is -0.152. The van der Waals surface area contributed by atoms with Crippen molar-refractivity contribution in [2.45, 2.75) is 13.0 Å². The second kappa shape index (κ2) is 5.73. The number of ether oxygens (including phenoxy) is 1. The topological polar surface area (TPSA) is 59.5 Å². The summed E-state index contributed by atoms with van der Waals surface area (Å²) >= 11 is 0. The molecule has 0 aliphatic carbocycles. The van der Waals surface area contributed by atoms with Crippen LogP contribution in [0.4, 0.5) is 0 Å². The van der Waals surface area contributed by atoms with Crippen LogP contribution in [0.5, 0.6) is 0 Å². The molecule has 0 spiro atoms. The minimum atomic E-state index is -0.646. The summed E-state index contributed by atoms with van der Waals surface area (Å²) in [5.74, 6) is -1.11. The van der Waals surface area contributed by atoms with Crippen molar-refractivity contribution in [3.63, 3.8) is 0 Å². The summed E-state index contributed by atoms with van der Waals surface area (Å²) in [6, 6.07) is 5.72.